The SMILES string of the molecule is COc1ccc(NC(=O)CC(=O)Nc2ccc3c(c2)OCO3)cc1OC. The molecule has 136 valence electrons. The van der Waals surface area contributed by atoms with Crippen molar-refractivity contribution in [2.45, 2.75) is 6.42 Å². The normalized spacial score (nSPS) is 11.6. The zero-order chi connectivity index (χ0) is 18.5. The van der Waals surface area contributed by atoms with Gasteiger partial charge < -0.3 is 29.6 Å². The van der Waals surface area contributed by atoms with Crippen LogP contribution in [-0.2, 0) is 9.59 Å². The number of carbonyl (C=O) groups is 2. The summed E-state index contributed by atoms with van der Waals surface area (Å²) in [5.74, 6) is 1.31. The molecule has 1 heterocycles. The van der Waals surface area contributed by atoms with Gasteiger partial charge in [-0.3, -0.25) is 9.59 Å². The molecule has 0 fully saturated rings. The van der Waals surface area contributed by atoms with E-state index >= 15 is 0 Å². The second kappa shape index (κ2) is 7.64. The first kappa shape index (κ1) is 17.4. The Morgan fingerprint density at radius 3 is 2.19 bits per heavy atom. The maximum Gasteiger partial charge on any atom is 0.233 e. The highest BCUT2D eigenvalue weighted by Gasteiger charge is 2.16. The molecule has 0 aromatic heterocycles. The summed E-state index contributed by atoms with van der Waals surface area (Å²) in [5.41, 5.74) is 1.03. The number of carbonyl (C=O) groups excluding carboxylic acids is 2. The number of rotatable bonds is 6. The van der Waals surface area contributed by atoms with Crippen LogP contribution in [0.3, 0.4) is 0 Å². The van der Waals surface area contributed by atoms with Crippen LogP contribution in [0.5, 0.6) is 23.0 Å². The molecule has 8 heteroatoms. The van der Waals surface area contributed by atoms with Crippen molar-refractivity contribution in [3.8, 4) is 23.0 Å². The second-order valence-electron chi connectivity index (χ2n) is 5.41. The van der Waals surface area contributed by atoms with E-state index in [9.17, 15) is 9.59 Å². The monoisotopic (exact) mass is 358 g/mol. The lowest BCUT2D eigenvalue weighted by Gasteiger charge is -2.11. The highest BCUT2D eigenvalue weighted by Crippen LogP contribution is 2.34. The van der Waals surface area contributed by atoms with Gasteiger partial charge in [-0.1, -0.05) is 0 Å². The quantitative estimate of drug-likeness (QED) is 0.770. The highest BCUT2D eigenvalue weighted by molar-refractivity contribution is 6.08. The summed E-state index contributed by atoms with van der Waals surface area (Å²) in [4.78, 5) is 24.1. The molecule has 2 aromatic rings. The average molecular weight is 358 g/mol. The Labute approximate surface area is 150 Å². The van der Waals surface area contributed by atoms with Gasteiger partial charge in [0.2, 0.25) is 18.6 Å². The molecule has 0 saturated carbocycles. The summed E-state index contributed by atoms with van der Waals surface area (Å²) in [6.07, 6.45) is -0.331. The Bertz CT molecular complexity index is 836. The first-order valence-corrected chi connectivity index (χ1v) is 7.80. The minimum atomic E-state index is -0.449. The minimum Gasteiger partial charge on any atom is -0.493 e. The number of ether oxygens (including phenoxy) is 4. The van der Waals surface area contributed by atoms with Gasteiger partial charge in [0.1, 0.15) is 6.42 Å². The molecule has 0 aliphatic carbocycles. The lowest BCUT2D eigenvalue weighted by Crippen LogP contribution is -2.21. The fraction of sp³-hybridized carbons (Fsp3) is 0.222. The van der Waals surface area contributed by atoms with Crippen LogP contribution in [0.1, 0.15) is 6.42 Å². The van der Waals surface area contributed by atoms with Gasteiger partial charge in [-0.05, 0) is 24.3 Å². The van der Waals surface area contributed by atoms with Gasteiger partial charge in [0.15, 0.2) is 23.0 Å². The van der Waals surface area contributed by atoms with Crippen molar-refractivity contribution >= 4 is 23.2 Å². The van der Waals surface area contributed by atoms with E-state index in [0.717, 1.165) is 0 Å². The molecule has 1 aliphatic rings. The van der Waals surface area contributed by atoms with Crippen LogP contribution in [-0.4, -0.2) is 32.8 Å². The van der Waals surface area contributed by atoms with Gasteiger partial charge in [-0.15, -0.1) is 0 Å². The molecular formula is C18H18N2O6. The van der Waals surface area contributed by atoms with E-state index in [4.69, 9.17) is 18.9 Å². The molecule has 0 radical (unpaired) electrons. The van der Waals surface area contributed by atoms with Crippen LogP contribution < -0.4 is 29.6 Å². The maximum atomic E-state index is 12.1. The summed E-state index contributed by atoms with van der Waals surface area (Å²) < 4.78 is 20.8. The fourth-order valence-electron chi connectivity index (χ4n) is 2.44. The molecule has 0 atom stereocenters. The van der Waals surface area contributed by atoms with Crippen molar-refractivity contribution in [3.05, 3.63) is 36.4 Å². The molecule has 0 bridgehead atoms. The van der Waals surface area contributed by atoms with Gasteiger partial charge in [0.05, 0.1) is 14.2 Å². The molecule has 3 rings (SSSR count). The lowest BCUT2D eigenvalue weighted by atomic mass is 10.2. The number of nitrogens with one attached hydrogen (secondary N) is 2. The van der Waals surface area contributed by atoms with Crippen molar-refractivity contribution < 1.29 is 28.5 Å². The van der Waals surface area contributed by atoms with E-state index in [1.165, 1.54) is 14.2 Å². The summed E-state index contributed by atoms with van der Waals surface area (Å²) in [6, 6.07) is 9.97. The third-order valence-electron chi connectivity index (χ3n) is 3.64. The highest BCUT2D eigenvalue weighted by atomic mass is 16.7. The Hall–Kier alpha value is -3.42. The van der Waals surface area contributed by atoms with Crippen LogP contribution in [0, 0.1) is 0 Å². The topological polar surface area (TPSA) is 95.1 Å². The van der Waals surface area contributed by atoms with E-state index in [-0.39, 0.29) is 13.2 Å². The molecule has 2 aromatic carbocycles. The number of hydrogen-bond donors (Lipinski definition) is 2. The number of fused-ring (bicyclic) bond motifs is 1. The van der Waals surface area contributed by atoms with Crippen LogP contribution in [0.4, 0.5) is 11.4 Å². The zero-order valence-corrected chi connectivity index (χ0v) is 14.3. The zero-order valence-electron chi connectivity index (χ0n) is 14.3. The van der Waals surface area contributed by atoms with E-state index < -0.39 is 11.8 Å². The Morgan fingerprint density at radius 2 is 1.50 bits per heavy atom. The van der Waals surface area contributed by atoms with Gasteiger partial charge in [0.25, 0.3) is 0 Å². The Morgan fingerprint density at radius 1 is 0.885 bits per heavy atom. The standard InChI is InChI=1S/C18H18N2O6/c1-23-13-5-3-11(7-15(13)24-2)19-17(21)9-18(22)20-12-4-6-14-16(8-12)26-10-25-14/h3-8H,9-10H2,1-2H3,(H,19,21)(H,20,22). The second-order valence-corrected chi connectivity index (χ2v) is 5.41. The van der Waals surface area contributed by atoms with E-state index in [1.54, 1.807) is 36.4 Å². The largest absolute Gasteiger partial charge is 0.493 e. The van der Waals surface area contributed by atoms with Crippen molar-refractivity contribution in [2.75, 3.05) is 31.6 Å². The third-order valence-corrected chi connectivity index (χ3v) is 3.64. The van der Waals surface area contributed by atoms with Crippen molar-refractivity contribution in [2.24, 2.45) is 0 Å². The fourth-order valence-corrected chi connectivity index (χ4v) is 2.44. The molecule has 2 N–H and O–H groups in total. The summed E-state index contributed by atoms with van der Waals surface area (Å²) in [5, 5.41) is 5.30. The lowest BCUT2D eigenvalue weighted by molar-refractivity contribution is -0.123. The Kier molecular flexibility index (Phi) is 5.12. The number of benzene rings is 2. The molecule has 0 spiro atoms. The number of hydrogen-bond acceptors (Lipinski definition) is 6. The molecule has 1 aliphatic heterocycles. The number of anilines is 2. The smallest absolute Gasteiger partial charge is 0.233 e. The van der Waals surface area contributed by atoms with Crippen LogP contribution in [0.15, 0.2) is 36.4 Å². The summed E-state index contributed by atoms with van der Waals surface area (Å²) in [6.45, 7) is 0.153. The van der Waals surface area contributed by atoms with Crippen LogP contribution >= 0.6 is 0 Å². The maximum absolute atomic E-state index is 12.1. The van der Waals surface area contributed by atoms with Crippen molar-refractivity contribution in [3.63, 3.8) is 0 Å². The molecule has 2 amide bonds. The van der Waals surface area contributed by atoms with Crippen LogP contribution in [0.25, 0.3) is 0 Å². The predicted octanol–water partition coefficient (Wildman–Crippen LogP) is 2.40. The Balaban J connectivity index is 1.57. The van der Waals surface area contributed by atoms with Gasteiger partial charge >= 0.3 is 0 Å². The molecule has 0 saturated heterocycles. The van der Waals surface area contributed by atoms with E-state index in [2.05, 4.69) is 10.6 Å². The molecular weight excluding hydrogens is 340 g/mol. The third kappa shape index (κ3) is 3.97. The number of methoxy groups -OCH3 is 2. The molecule has 26 heavy (non-hydrogen) atoms. The van der Waals surface area contributed by atoms with Gasteiger partial charge in [-0.25, -0.2) is 0 Å². The average Bonchev–Trinajstić information content (AvgIpc) is 3.09. The van der Waals surface area contributed by atoms with Crippen molar-refractivity contribution in [1.82, 2.24) is 0 Å². The van der Waals surface area contributed by atoms with Crippen molar-refractivity contribution in [1.29, 1.82) is 0 Å². The molecule has 8 nitrogen and oxygen atoms in total. The van der Waals surface area contributed by atoms with Crippen LogP contribution in [0.2, 0.25) is 0 Å². The first-order valence-electron chi connectivity index (χ1n) is 7.80. The summed E-state index contributed by atoms with van der Waals surface area (Å²) >= 11 is 0. The van der Waals surface area contributed by atoms with E-state index in [0.29, 0.717) is 34.4 Å². The molecule has 0 unspecified atom stereocenters. The minimum absolute atomic E-state index is 0.153. The van der Waals surface area contributed by atoms with Gasteiger partial charge in [0, 0.05) is 23.5 Å². The van der Waals surface area contributed by atoms with Gasteiger partial charge in [-0.2, -0.15) is 0 Å². The first-order chi connectivity index (χ1) is 12.6. The number of amides is 2. The predicted molar refractivity (Wildman–Crippen MR) is 94.0 cm³/mol. The summed E-state index contributed by atoms with van der Waals surface area (Å²) in [7, 11) is 3.03. The van der Waals surface area contributed by atoms with E-state index in [1.807, 2.05) is 0 Å².